The van der Waals surface area contributed by atoms with Gasteiger partial charge in [0.15, 0.2) is 6.29 Å². The molecule has 2 aliphatic heterocycles. The highest BCUT2D eigenvalue weighted by Gasteiger charge is 2.32. The lowest BCUT2D eigenvalue weighted by Crippen LogP contribution is -2.50. The average Bonchev–Trinajstić information content (AvgIpc) is 3.52. The molecule has 3 aromatic rings. The van der Waals surface area contributed by atoms with E-state index >= 15 is 0 Å². The summed E-state index contributed by atoms with van der Waals surface area (Å²) in [5, 5.41) is 11.9. The van der Waals surface area contributed by atoms with Crippen LogP contribution in [0, 0.1) is 5.82 Å². The number of ether oxygens (including phenoxy) is 1. The number of imidazole rings is 1. The van der Waals surface area contributed by atoms with Crippen LogP contribution in [-0.4, -0.2) is 102 Å². The fourth-order valence-corrected chi connectivity index (χ4v) is 4.11. The van der Waals surface area contributed by atoms with E-state index in [4.69, 9.17) is 9.84 Å². The smallest absolute Gasteiger partial charge is 0.414 e. The number of nitrogens with one attached hydrogen (secondary N) is 1. The first-order valence-corrected chi connectivity index (χ1v) is 11.7. The van der Waals surface area contributed by atoms with E-state index in [1.165, 1.54) is 11.0 Å². The van der Waals surface area contributed by atoms with Gasteiger partial charge in [0.1, 0.15) is 17.6 Å². The van der Waals surface area contributed by atoms with Crippen LogP contribution in [0.15, 0.2) is 42.9 Å². The van der Waals surface area contributed by atoms with E-state index in [2.05, 4.69) is 15.3 Å². The van der Waals surface area contributed by atoms with Crippen LogP contribution in [0.3, 0.4) is 0 Å². The largest absolute Gasteiger partial charge is 0.441 e. The predicted octanol–water partition coefficient (Wildman–Crippen LogP) is 0.553. The third-order valence-corrected chi connectivity index (χ3v) is 6.00. The van der Waals surface area contributed by atoms with Crippen molar-refractivity contribution in [3.05, 3.63) is 54.4 Å². The van der Waals surface area contributed by atoms with Gasteiger partial charge in [-0.2, -0.15) is 0 Å². The van der Waals surface area contributed by atoms with Crippen molar-refractivity contribution in [1.29, 1.82) is 0 Å². The predicted molar refractivity (Wildman–Crippen MR) is 132 cm³/mol. The van der Waals surface area contributed by atoms with Gasteiger partial charge in [-0.25, -0.2) is 19.2 Å². The van der Waals surface area contributed by atoms with Crippen molar-refractivity contribution >= 4 is 35.4 Å². The minimum absolute atomic E-state index is 0.0361. The zero-order valence-electron chi connectivity index (χ0n) is 20.3. The van der Waals surface area contributed by atoms with Gasteiger partial charge >= 0.3 is 6.09 Å². The molecule has 1 aromatic carbocycles. The molecular formula is C24H28FN7O5. The Morgan fingerprint density at radius 1 is 1.30 bits per heavy atom. The number of aliphatic hydroxyl groups is 1. The van der Waals surface area contributed by atoms with Gasteiger partial charge in [-0.3, -0.25) is 18.9 Å². The maximum atomic E-state index is 14.6. The molecule has 5 rings (SSSR count). The standard InChI is InChI=1S/C17H23FN4O4.C7H5N3O/c1-19-9-16(24)21-6-4-20(5-7-21)15-3-2-12(8-14(15)18)22-10-13(11-23)26-17(22)25;11-5-6-4-10-3-1-2-8-7(10)9-6/h2-3,8,13,19,23H,4-7,9-11H2,1H3;1-5H. The van der Waals surface area contributed by atoms with Gasteiger partial charge in [0.05, 0.1) is 31.1 Å². The summed E-state index contributed by atoms with van der Waals surface area (Å²) in [5.41, 5.74) is 1.25. The lowest BCUT2D eigenvalue weighted by molar-refractivity contribution is -0.130. The zero-order chi connectivity index (χ0) is 26.4. The second kappa shape index (κ2) is 11.8. The van der Waals surface area contributed by atoms with E-state index in [0.29, 0.717) is 61.9 Å². The second-order valence-electron chi connectivity index (χ2n) is 8.44. The number of aliphatic hydroxyl groups excluding tert-OH is 1. The molecule has 0 saturated carbocycles. The third-order valence-electron chi connectivity index (χ3n) is 6.00. The maximum absolute atomic E-state index is 14.6. The molecule has 2 N–H and O–H groups in total. The van der Waals surface area contributed by atoms with Gasteiger partial charge < -0.3 is 25.0 Å². The number of aldehydes is 1. The first-order chi connectivity index (χ1) is 17.9. The number of benzene rings is 1. The quantitative estimate of drug-likeness (QED) is 0.454. The molecule has 2 aromatic heterocycles. The molecule has 196 valence electrons. The Balaban J connectivity index is 0.000000241. The summed E-state index contributed by atoms with van der Waals surface area (Å²) >= 11 is 0. The summed E-state index contributed by atoms with van der Waals surface area (Å²) in [6.45, 7) is 2.40. The highest BCUT2D eigenvalue weighted by atomic mass is 19.1. The molecule has 2 fully saturated rings. The SMILES string of the molecule is CNCC(=O)N1CCN(c2ccc(N3CC(CO)OC3=O)cc2F)CC1.O=Cc1cn2cccnc2n1. The van der Waals surface area contributed by atoms with Crippen LogP contribution in [0.4, 0.5) is 20.6 Å². The fourth-order valence-electron chi connectivity index (χ4n) is 4.11. The van der Waals surface area contributed by atoms with Crippen LogP contribution in [0.25, 0.3) is 5.78 Å². The monoisotopic (exact) mass is 513 g/mol. The number of hydrogen-bond donors (Lipinski definition) is 2. The summed E-state index contributed by atoms with van der Waals surface area (Å²) < 4.78 is 21.3. The molecular weight excluding hydrogens is 485 g/mol. The molecule has 0 radical (unpaired) electrons. The minimum Gasteiger partial charge on any atom is -0.441 e. The summed E-state index contributed by atoms with van der Waals surface area (Å²) in [6.07, 6.45) is 4.59. The van der Waals surface area contributed by atoms with Crippen LogP contribution in [0.2, 0.25) is 0 Å². The Kier molecular flexibility index (Phi) is 8.25. The van der Waals surface area contributed by atoms with Crippen LogP contribution in [0.5, 0.6) is 0 Å². The molecule has 0 bridgehead atoms. The van der Waals surface area contributed by atoms with E-state index in [1.807, 2.05) is 4.90 Å². The molecule has 2 aliphatic rings. The Bertz CT molecular complexity index is 1230. The van der Waals surface area contributed by atoms with Crippen molar-refractivity contribution in [3.63, 3.8) is 0 Å². The molecule has 0 spiro atoms. The van der Waals surface area contributed by atoms with Crippen molar-refractivity contribution in [2.75, 3.05) is 62.7 Å². The molecule has 2 amide bonds. The van der Waals surface area contributed by atoms with Crippen molar-refractivity contribution in [1.82, 2.24) is 24.6 Å². The number of carbonyl (C=O) groups excluding carboxylic acids is 3. The molecule has 4 heterocycles. The van der Waals surface area contributed by atoms with Gasteiger partial charge in [-0.05, 0) is 31.3 Å². The lowest BCUT2D eigenvalue weighted by atomic mass is 10.2. The van der Waals surface area contributed by atoms with E-state index in [0.717, 1.165) is 0 Å². The van der Waals surface area contributed by atoms with Gasteiger partial charge in [0, 0.05) is 44.8 Å². The Labute approximate surface area is 212 Å². The molecule has 2 saturated heterocycles. The average molecular weight is 514 g/mol. The number of fused-ring (bicyclic) bond motifs is 1. The highest BCUT2D eigenvalue weighted by molar-refractivity contribution is 5.90. The molecule has 37 heavy (non-hydrogen) atoms. The third kappa shape index (κ3) is 6.01. The van der Waals surface area contributed by atoms with Crippen molar-refractivity contribution in [2.24, 2.45) is 0 Å². The number of nitrogens with zero attached hydrogens (tertiary/aromatic N) is 6. The van der Waals surface area contributed by atoms with Gasteiger partial charge in [0.2, 0.25) is 11.7 Å². The first kappa shape index (κ1) is 26.0. The van der Waals surface area contributed by atoms with Crippen LogP contribution in [0.1, 0.15) is 10.5 Å². The van der Waals surface area contributed by atoms with E-state index in [-0.39, 0.29) is 19.1 Å². The number of piperazine rings is 1. The van der Waals surface area contributed by atoms with Gasteiger partial charge in [0.25, 0.3) is 0 Å². The molecule has 1 unspecified atom stereocenters. The van der Waals surface area contributed by atoms with Crippen molar-refractivity contribution in [2.45, 2.75) is 6.10 Å². The minimum atomic E-state index is -0.590. The Morgan fingerprint density at radius 3 is 2.70 bits per heavy atom. The zero-order valence-corrected chi connectivity index (χ0v) is 20.3. The maximum Gasteiger partial charge on any atom is 0.414 e. The second-order valence-corrected chi connectivity index (χ2v) is 8.44. The molecule has 13 heteroatoms. The van der Waals surface area contributed by atoms with Crippen LogP contribution in [-0.2, 0) is 9.53 Å². The van der Waals surface area contributed by atoms with E-state index in [1.54, 1.807) is 53.1 Å². The summed E-state index contributed by atoms with van der Waals surface area (Å²) in [4.78, 5) is 46.8. The number of rotatable bonds is 6. The summed E-state index contributed by atoms with van der Waals surface area (Å²) in [6, 6.07) is 6.38. The Morgan fingerprint density at radius 2 is 2.08 bits per heavy atom. The van der Waals surface area contributed by atoms with Crippen molar-refractivity contribution < 1.29 is 28.6 Å². The first-order valence-electron chi connectivity index (χ1n) is 11.7. The number of carbonyl (C=O) groups is 3. The molecule has 1 atom stereocenters. The van der Waals surface area contributed by atoms with E-state index in [9.17, 15) is 18.8 Å². The van der Waals surface area contributed by atoms with Crippen LogP contribution < -0.4 is 15.1 Å². The fraction of sp³-hybridized carbons (Fsp3) is 0.375. The van der Waals surface area contributed by atoms with Gasteiger partial charge in [-0.15, -0.1) is 0 Å². The highest BCUT2D eigenvalue weighted by Crippen LogP contribution is 2.28. The number of aromatic nitrogens is 3. The van der Waals surface area contributed by atoms with E-state index < -0.39 is 18.0 Å². The number of likely N-dealkylation sites (N-methyl/N-ethyl adjacent to an activating group) is 1. The number of halogens is 1. The molecule has 12 nitrogen and oxygen atoms in total. The number of hydrogen-bond acceptors (Lipinski definition) is 9. The van der Waals surface area contributed by atoms with Gasteiger partial charge in [-0.1, -0.05) is 0 Å². The van der Waals surface area contributed by atoms with Crippen LogP contribution >= 0.6 is 0 Å². The number of anilines is 2. The topological polar surface area (TPSA) is 133 Å². The normalized spacial score (nSPS) is 17.4. The number of amides is 2. The Hall–Kier alpha value is -4.10. The number of cyclic esters (lactones) is 1. The summed E-state index contributed by atoms with van der Waals surface area (Å²) in [5.74, 6) is 0.154. The summed E-state index contributed by atoms with van der Waals surface area (Å²) in [7, 11) is 1.73. The van der Waals surface area contributed by atoms with Crippen molar-refractivity contribution in [3.8, 4) is 0 Å². The lowest BCUT2D eigenvalue weighted by Gasteiger charge is -2.36. The molecule has 0 aliphatic carbocycles.